The standard InChI is InChI=1S/C17H23NO4/c1-12(16(20)21)10-13-4-6-14(7-5-13)18-15(19)11-17(22-2)8-3-9-17/h4-7,12H,3,8-11H2,1-2H3,(H,18,19)(H,20,21). The molecule has 5 nitrogen and oxygen atoms in total. The quantitative estimate of drug-likeness (QED) is 0.812. The second-order valence-corrected chi connectivity index (χ2v) is 6.11. The molecule has 1 aliphatic rings. The minimum atomic E-state index is -0.803. The highest BCUT2D eigenvalue weighted by molar-refractivity contribution is 5.91. The van der Waals surface area contributed by atoms with Gasteiger partial charge in [-0.1, -0.05) is 19.1 Å². The molecule has 120 valence electrons. The predicted molar refractivity (Wildman–Crippen MR) is 83.8 cm³/mol. The van der Waals surface area contributed by atoms with Gasteiger partial charge < -0.3 is 15.2 Å². The zero-order chi connectivity index (χ0) is 16.2. The van der Waals surface area contributed by atoms with Crippen molar-refractivity contribution < 1.29 is 19.4 Å². The molecule has 1 aliphatic carbocycles. The summed E-state index contributed by atoms with van der Waals surface area (Å²) in [6.45, 7) is 1.68. The van der Waals surface area contributed by atoms with Gasteiger partial charge in [0.15, 0.2) is 0 Å². The normalized spacial score (nSPS) is 17.4. The van der Waals surface area contributed by atoms with Crippen LogP contribution in [0.3, 0.4) is 0 Å². The summed E-state index contributed by atoms with van der Waals surface area (Å²) in [4.78, 5) is 22.9. The molecule has 2 N–H and O–H groups in total. The molecule has 1 unspecified atom stereocenters. The Kier molecular flexibility index (Phi) is 5.19. The maximum atomic E-state index is 12.1. The number of amides is 1. The number of aliphatic carboxylic acids is 1. The molecule has 0 bridgehead atoms. The van der Waals surface area contributed by atoms with Gasteiger partial charge in [-0.3, -0.25) is 9.59 Å². The number of methoxy groups -OCH3 is 1. The number of hydrogen-bond acceptors (Lipinski definition) is 3. The average Bonchev–Trinajstić information content (AvgIpc) is 2.45. The van der Waals surface area contributed by atoms with Crippen molar-refractivity contribution in [3.8, 4) is 0 Å². The van der Waals surface area contributed by atoms with E-state index in [1.54, 1.807) is 14.0 Å². The van der Waals surface area contributed by atoms with Crippen molar-refractivity contribution in [3.05, 3.63) is 29.8 Å². The predicted octanol–water partition coefficient (Wildman–Crippen LogP) is 2.85. The smallest absolute Gasteiger partial charge is 0.306 e. The van der Waals surface area contributed by atoms with E-state index in [2.05, 4.69) is 5.32 Å². The van der Waals surface area contributed by atoms with Crippen molar-refractivity contribution in [2.24, 2.45) is 5.92 Å². The van der Waals surface area contributed by atoms with Crippen LogP contribution in [0.1, 0.15) is 38.2 Å². The van der Waals surface area contributed by atoms with E-state index in [0.29, 0.717) is 12.8 Å². The fraction of sp³-hybridized carbons (Fsp3) is 0.529. The molecule has 0 radical (unpaired) electrons. The lowest BCUT2D eigenvalue weighted by molar-refractivity contribution is -0.141. The Morgan fingerprint density at radius 1 is 1.32 bits per heavy atom. The average molecular weight is 305 g/mol. The summed E-state index contributed by atoms with van der Waals surface area (Å²) < 4.78 is 5.45. The molecule has 1 amide bonds. The lowest BCUT2D eigenvalue weighted by Gasteiger charge is -2.39. The minimum Gasteiger partial charge on any atom is -0.481 e. The van der Waals surface area contributed by atoms with E-state index in [4.69, 9.17) is 9.84 Å². The third-order valence-corrected chi connectivity index (χ3v) is 4.38. The number of carboxylic acids is 1. The van der Waals surface area contributed by atoms with Crippen LogP contribution in [-0.4, -0.2) is 29.7 Å². The summed E-state index contributed by atoms with van der Waals surface area (Å²) in [5.41, 5.74) is 1.39. The van der Waals surface area contributed by atoms with E-state index in [9.17, 15) is 9.59 Å². The lowest BCUT2D eigenvalue weighted by Crippen LogP contribution is -2.42. The Bertz CT molecular complexity index is 529. The molecule has 1 saturated carbocycles. The number of carbonyl (C=O) groups is 2. The SMILES string of the molecule is COC1(CC(=O)Nc2ccc(CC(C)C(=O)O)cc2)CCC1. The van der Waals surface area contributed by atoms with Crippen LogP contribution >= 0.6 is 0 Å². The van der Waals surface area contributed by atoms with Crippen molar-refractivity contribution in [1.29, 1.82) is 0 Å². The first kappa shape index (κ1) is 16.5. The van der Waals surface area contributed by atoms with Crippen molar-refractivity contribution in [1.82, 2.24) is 0 Å². The number of carbonyl (C=O) groups excluding carboxylic acids is 1. The molecular weight excluding hydrogens is 282 g/mol. The molecule has 2 rings (SSSR count). The number of ether oxygens (including phenoxy) is 1. The van der Waals surface area contributed by atoms with E-state index in [-0.39, 0.29) is 11.5 Å². The number of hydrogen-bond donors (Lipinski definition) is 2. The largest absolute Gasteiger partial charge is 0.481 e. The topological polar surface area (TPSA) is 75.6 Å². The first-order valence-corrected chi connectivity index (χ1v) is 7.61. The molecular formula is C17H23NO4. The van der Waals surface area contributed by atoms with Gasteiger partial charge in [0, 0.05) is 12.8 Å². The second kappa shape index (κ2) is 6.92. The Morgan fingerprint density at radius 3 is 2.41 bits per heavy atom. The number of carboxylic acid groups (broad SMARTS) is 1. The molecule has 22 heavy (non-hydrogen) atoms. The van der Waals surface area contributed by atoms with Gasteiger partial charge in [0.2, 0.25) is 5.91 Å². The maximum absolute atomic E-state index is 12.1. The van der Waals surface area contributed by atoms with Crippen LogP contribution in [0.5, 0.6) is 0 Å². The van der Waals surface area contributed by atoms with Crippen molar-refractivity contribution in [2.45, 2.75) is 44.6 Å². The highest BCUT2D eigenvalue weighted by Gasteiger charge is 2.38. The van der Waals surface area contributed by atoms with Crippen molar-refractivity contribution in [3.63, 3.8) is 0 Å². The van der Waals surface area contributed by atoms with E-state index in [1.165, 1.54) is 0 Å². The van der Waals surface area contributed by atoms with Crippen LogP contribution in [0.2, 0.25) is 0 Å². The summed E-state index contributed by atoms with van der Waals surface area (Å²) in [6, 6.07) is 7.32. The fourth-order valence-electron chi connectivity index (χ4n) is 2.69. The Balaban J connectivity index is 1.88. The van der Waals surface area contributed by atoms with E-state index < -0.39 is 11.9 Å². The zero-order valence-electron chi connectivity index (χ0n) is 13.1. The number of nitrogens with one attached hydrogen (secondary N) is 1. The summed E-state index contributed by atoms with van der Waals surface area (Å²) in [6.07, 6.45) is 3.83. The fourth-order valence-corrected chi connectivity index (χ4v) is 2.69. The van der Waals surface area contributed by atoms with Gasteiger partial charge in [-0.25, -0.2) is 0 Å². The molecule has 1 fully saturated rings. The monoisotopic (exact) mass is 305 g/mol. The highest BCUT2D eigenvalue weighted by Crippen LogP contribution is 2.38. The summed E-state index contributed by atoms with van der Waals surface area (Å²) in [5.74, 6) is -1.27. The Morgan fingerprint density at radius 2 is 1.95 bits per heavy atom. The van der Waals surface area contributed by atoms with Crippen LogP contribution in [0, 0.1) is 5.92 Å². The molecule has 0 aliphatic heterocycles. The van der Waals surface area contributed by atoms with Gasteiger partial charge in [-0.15, -0.1) is 0 Å². The third-order valence-electron chi connectivity index (χ3n) is 4.38. The summed E-state index contributed by atoms with van der Waals surface area (Å²) in [7, 11) is 1.66. The summed E-state index contributed by atoms with van der Waals surface area (Å²) >= 11 is 0. The van der Waals surface area contributed by atoms with Crippen LogP contribution in [-0.2, 0) is 20.7 Å². The van der Waals surface area contributed by atoms with E-state index in [1.807, 2.05) is 24.3 Å². The second-order valence-electron chi connectivity index (χ2n) is 6.11. The van der Waals surface area contributed by atoms with Crippen molar-refractivity contribution >= 4 is 17.6 Å². The molecule has 1 atom stereocenters. The van der Waals surface area contributed by atoms with E-state index >= 15 is 0 Å². The molecule has 0 spiro atoms. The Hall–Kier alpha value is -1.88. The van der Waals surface area contributed by atoms with Crippen LogP contribution in [0.15, 0.2) is 24.3 Å². The molecule has 0 heterocycles. The van der Waals surface area contributed by atoms with Gasteiger partial charge in [-0.2, -0.15) is 0 Å². The molecule has 1 aromatic rings. The van der Waals surface area contributed by atoms with Gasteiger partial charge in [-0.05, 0) is 43.4 Å². The third kappa shape index (κ3) is 4.07. The summed E-state index contributed by atoms with van der Waals surface area (Å²) in [5, 5.41) is 11.8. The number of benzene rings is 1. The number of rotatable bonds is 7. The first-order chi connectivity index (χ1) is 10.4. The van der Waals surface area contributed by atoms with Gasteiger partial charge >= 0.3 is 5.97 Å². The van der Waals surface area contributed by atoms with Crippen LogP contribution in [0.4, 0.5) is 5.69 Å². The van der Waals surface area contributed by atoms with Crippen molar-refractivity contribution in [2.75, 3.05) is 12.4 Å². The molecule has 5 heteroatoms. The molecule has 0 aromatic heterocycles. The van der Waals surface area contributed by atoms with E-state index in [0.717, 1.165) is 30.5 Å². The molecule has 1 aromatic carbocycles. The minimum absolute atomic E-state index is 0.0480. The molecule has 0 saturated heterocycles. The zero-order valence-corrected chi connectivity index (χ0v) is 13.1. The number of anilines is 1. The Labute approximate surface area is 130 Å². The van der Waals surface area contributed by atoms with Gasteiger partial charge in [0.25, 0.3) is 0 Å². The first-order valence-electron chi connectivity index (χ1n) is 7.61. The van der Waals surface area contributed by atoms with Crippen LogP contribution < -0.4 is 5.32 Å². The van der Waals surface area contributed by atoms with Crippen LogP contribution in [0.25, 0.3) is 0 Å². The highest BCUT2D eigenvalue weighted by atomic mass is 16.5. The van der Waals surface area contributed by atoms with Gasteiger partial charge in [0.1, 0.15) is 0 Å². The van der Waals surface area contributed by atoms with Gasteiger partial charge in [0.05, 0.1) is 17.9 Å². The lowest BCUT2D eigenvalue weighted by atomic mass is 9.77. The maximum Gasteiger partial charge on any atom is 0.306 e.